The van der Waals surface area contributed by atoms with E-state index >= 15 is 0 Å². The predicted octanol–water partition coefficient (Wildman–Crippen LogP) is 2.56. The Hall–Kier alpha value is -1.63. The molecule has 1 unspecified atom stereocenters. The molecule has 0 radical (unpaired) electrons. The number of nitrogens with one attached hydrogen (secondary N) is 1. The molecule has 2 aromatic rings. The van der Waals surface area contributed by atoms with Gasteiger partial charge in [-0.05, 0) is 5.92 Å². The summed E-state index contributed by atoms with van der Waals surface area (Å²) in [5, 5.41) is 2.76. The third-order valence-electron chi connectivity index (χ3n) is 3.23. The Kier molecular flexibility index (Phi) is 4.82. The van der Waals surface area contributed by atoms with Gasteiger partial charge in [-0.2, -0.15) is 12.6 Å². The number of aromatic nitrogens is 2. The normalized spacial score (nSPS) is 12.9. The zero-order chi connectivity index (χ0) is 15.6. The van der Waals surface area contributed by atoms with Gasteiger partial charge in [-0.1, -0.05) is 13.8 Å². The van der Waals surface area contributed by atoms with Crippen LogP contribution in [-0.4, -0.2) is 27.8 Å². The molecule has 0 aliphatic rings. The van der Waals surface area contributed by atoms with E-state index in [1.165, 1.54) is 6.33 Å². The number of hydrogen-bond donors (Lipinski definition) is 2. The van der Waals surface area contributed by atoms with Gasteiger partial charge in [0.15, 0.2) is 11.6 Å². The minimum Gasteiger partial charge on any atom is -0.353 e. The molecule has 0 aliphatic heterocycles. The third-order valence-corrected chi connectivity index (χ3v) is 3.45. The molecule has 0 aliphatic carbocycles. The van der Waals surface area contributed by atoms with Crippen LogP contribution in [0.5, 0.6) is 0 Å². The van der Waals surface area contributed by atoms with E-state index in [9.17, 15) is 13.6 Å². The lowest BCUT2D eigenvalue weighted by Crippen LogP contribution is -2.36. The van der Waals surface area contributed by atoms with E-state index in [2.05, 4.69) is 22.9 Å². The van der Waals surface area contributed by atoms with E-state index in [1.807, 2.05) is 13.8 Å². The summed E-state index contributed by atoms with van der Waals surface area (Å²) in [4.78, 5) is 16.3. The quantitative estimate of drug-likeness (QED) is 0.834. The molecule has 0 saturated heterocycles. The summed E-state index contributed by atoms with van der Waals surface area (Å²) in [5.74, 6) is -1.60. The molecule has 114 valence electrons. The Labute approximate surface area is 127 Å². The SMILES string of the molecule is CC(C)C(C(=O)NCCS)n1cnc2cc(F)c(F)cc21. The van der Waals surface area contributed by atoms with Crippen LogP contribution in [-0.2, 0) is 4.79 Å². The largest absolute Gasteiger partial charge is 0.353 e. The summed E-state index contributed by atoms with van der Waals surface area (Å²) in [6.45, 7) is 4.22. The van der Waals surface area contributed by atoms with Gasteiger partial charge in [0.05, 0.1) is 17.4 Å². The molecule has 2 rings (SSSR count). The minimum atomic E-state index is -0.956. The first-order chi connectivity index (χ1) is 9.95. The molecule has 21 heavy (non-hydrogen) atoms. The Bertz CT molecular complexity index is 657. The number of amides is 1. The number of carbonyl (C=O) groups excluding carboxylic acids is 1. The fraction of sp³-hybridized carbons (Fsp3) is 0.429. The summed E-state index contributed by atoms with van der Waals surface area (Å²) >= 11 is 4.05. The first kappa shape index (κ1) is 15.8. The Balaban J connectivity index is 2.45. The molecule has 0 bridgehead atoms. The van der Waals surface area contributed by atoms with Gasteiger partial charge in [0, 0.05) is 24.4 Å². The van der Waals surface area contributed by atoms with Crippen LogP contribution < -0.4 is 5.32 Å². The van der Waals surface area contributed by atoms with Gasteiger partial charge in [-0.3, -0.25) is 4.79 Å². The number of thiol groups is 1. The molecule has 1 heterocycles. The molecule has 1 aromatic carbocycles. The highest BCUT2D eigenvalue weighted by atomic mass is 32.1. The highest BCUT2D eigenvalue weighted by molar-refractivity contribution is 7.80. The van der Waals surface area contributed by atoms with E-state index in [1.54, 1.807) is 4.57 Å². The van der Waals surface area contributed by atoms with Crippen molar-refractivity contribution in [3.05, 3.63) is 30.1 Å². The van der Waals surface area contributed by atoms with Gasteiger partial charge in [0.2, 0.25) is 5.91 Å². The fourth-order valence-corrected chi connectivity index (χ4v) is 2.39. The van der Waals surface area contributed by atoms with Gasteiger partial charge in [-0.15, -0.1) is 0 Å². The number of carbonyl (C=O) groups is 1. The Morgan fingerprint density at radius 3 is 2.67 bits per heavy atom. The molecular formula is C14H17F2N3OS. The fourth-order valence-electron chi connectivity index (χ4n) is 2.28. The van der Waals surface area contributed by atoms with Gasteiger partial charge < -0.3 is 9.88 Å². The van der Waals surface area contributed by atoms with Crippen LogP contribution in [0.4, 0.5) is 8.78 Å². The number of hydrogen-bond acceptors (Lipinski definition) is 3. The van der Waals surface area contributed by atoms with E-state index < -0.39 is 17.7 Å². The van der Waals surface area contributed by atoms with Crippen molar-refractivity contribution in [2.45, 2.75) is 19.9 Å². The average Bonchev–Trinajstić information content (AvgIpc) is 2.80. The van der Waals surface area contributed by atoms with Crippen molar-refractivity contribution in [3.63, 3.8) is 0 Å². The molecular weight excluding hydrogens is 296 g/mol. The van der Waals surface area contributed by atoms with E-state index in [0.717, 1.165) is 12.1 Å². The van der Waals surface area contributed by atoms with E-state index in [0.29, 0.717) is 23.3 Å². The molecule has 7 heteroatoms. The molecule has 0 fully saturated rings. The molecule has 1 amide bonds. The highest BCUT2D eigenvalue weighted by Crippen LogP contribution is 2.25. The topological polar surface area (TPSA) is 46.9 Å². The summed E-state index contributed by atoms with van der Waals surface area (Å²) in [6, 6.07) is 1.56. The second-order valence-corrected chi connectivity index (χ2v) is 5.56. The van der Waals surface area contributed by atoms with Crippen molar-refractivity contribution in [1.82, 2.24) is 14.9 Å². The summed E-state index contributed by atoms with van der Waals surface area (Å²) in [5.41, 5.74) is 0.718. The maximum absolute atomic E-state index is 13.4. The summed E-state index contributed by atoms with van der Waals surface area (Å²) in [6.07, 6.45) is 1.44. The average molecular weight is 313 g/mol. The van der Waals surface area contributed by atoms with Gasteiger partial charge in [-0.25, -0.2) is 13.8 Å². The van der Waals surface area contributed by atoms with Crippen molar-refractivity contribution in [1.29, 1.82) is 0 Å². The molecule has 4 nitrogen and oxygen atoms in total. The van der Waals surface area contributed by atoms with Crippen LogP contribution in [0, 0.1) is 17.6 Å². The van der Waals surface area contributed by atoms with Crippen LogP contribution >= 0.6 is 12.6 Å². The molecule has 0 saturated carbocycles. The lowest BCUT2D eigenvalue weighted by molar-refractivity contribution is -0.125. The van der Waals surface area contributed by atoms with Crippen LogP contribution in [0.1, 0.15) is 19.9 Å². The van der Waals surface area contributed by atoms with E-state index in [-0.39, 0.29) is 11.8 Å². The lowest BCUT2D eigenvalue weighted by atomic mass is 10.0. The van der Waals surface area contributed by atoms with Crippen LogP contribution in [0.2, 0.25) is 0 Å². The van der Waals surface area contributed by atoms with Crippen LogP contribution in [0.3, 0.4) is 0 Å². The Morgan fingerprint density at radius 2 is 2.05 bits per heavy atom. The van der Waals surface area contributed by atoms with Crippen molar-refractivity contribution < 1.29 is 13.6 Å². The number of fused-ring (bicyclic) bond motifs is 1. The summed E-state index contributed by atoms with van der Waals surface area (Å²) < 4.78 is 28.3. The first-order valence-electron chi connectivity index (χ1n) is 6.66. The Morgan fingerprint density at radius 1 is 1.38 bits per heavy atom. The van der Waals surface area contributed by atoms with E-state index in [4.69, 9.17) is 0 Å². The van der Waals surface area contributed by atoms with Crippen molar-refractivity contribution in [2.75, 3.05) is 12.3 Å². The second-order valence-electron chi connectivity index (χ2n) is 5.11. The minimum absolute atomic E-state index is 0.0320. The standard InChI is InChI=1S/C14H17F2N3OS/c1-8(2)13(14(20)17-3-4-21)19-7-18-11-5-9(15)10(16)6-12(11)19/h5-8,13,21H,3-4H2,1-2H3,(H,17,20). The van der Waals surface area contributed by atoms with Gasteiger partial charge in [0.1, 0.15) is 6.04 Å². The highest BCUT2D eigenvalue weighted by Gasteiger charge is 2.25. The summed E-state index contributed by atoms with van der Waals surface area (Å²) in [7, 11) is 0. The molecule has 1 N–H and O–H groups in total. The maximum Gasteiger partial charge on any atom is 0.243 e. The van der Waals surface area contributed by atoms with Gasteiger partial charge >= 0.3 is 0 Å². The monoisotopic (exact) mass is 313 g/mol. The predicted molar refractivity (Wildman–Crippen MR) is 80.4 cm³/mol. The van der Waals surface area contributed by atoms with Crippen LogP contribution in [0.25, 0.3) is 11.0 Å². The molecule has 0 spiro atoms. The lowest BCUT2D eigenvalue weighted by Gasteiger charge is -2.22. The van der Waals surface area contributed by atoms with Crippen LogP contribution in [0.15, 0.2) is 18.5 Å². The second kappa shape index (κ2) is 6.43. The zero-order valence-electron chi connectivity index (χ0n) is 11.8. The third kappa shape index (κ3) is 3.18. The number of imidazole rings is 1. The molecule has 1 atom stereocenters. The number of nitrogens with zero attached hydrogens (tertiary/aromatic N) is 2. The smallest absolute Gasteiger partial charge is 0.243 e. The number of halogens is 2. The van der Waals surface area contributed by atoms with Crippen molar-refractivity contribution in [3.8, 4) is 0 Å². The number of rotatable bonds is 5. The van der Waals surface area contributed by atoms with Gasteiger partial charge in [0.25, 0.3) is 0 Å². The number of benzene rings is 1. The molecule has 1 aromatic heterocycles. The van der Waals surface area contributed by atoms with Crippen molar-refractivity contribution in [2.24, 2.45) is 5.92 Å². The zero-order valence-corrected chi connectivity index (χ0v) is 12.7. The maximum atomic E-state index is 13.4. The van der Waals surface area contributed by atoms with Crippen molar-refractivity contribution >= 4 is 29.6 Å². The first-order valence-corrected chi connectivity index (χ1v) is 7.29.